The van der Waals surface area contributed by atoms with E-state index in [0.29, 0.717) is 19.6 Å². The van der Waals surface area contributed by atoms with Gasteiger partial charge >= 0.3 is 5.97 Å². The minimum absolute atomic E-state index is 0.0368. The van der Waals surface area contributed by atoms with Crippen LogP contribution in [-0.2, 0) is 24.5 Å². The second-order valence-electron chi connectivity index (χ2n) is 3.83. The van der Waals surface area contributed by atoms with Gasteiger partial charge in [0, 0.05) is 26.2 Å². The molecule has 1 atom stereocenters. The van der Waals surface area contributed by atoms with Crippen LogP contribution in [0.25, 0.3) is 0 Å². The SMILES string of the molecule is COC(=O)CCN(C)S(=O)(=O)NC1CCOC1. The lowest BCUT2D eigenvalue weighted by Gasteiger charge is -2.19. The molecular weight excluding hydrogens is 248 g/mol. The zero-order valence-corrected chi connectivity index (χ0v) is 10.8. The van der Waals surface area contributed by atoms with Crippen molar-refractivity contribution in [3.63, 3.8) is 0 Å². The number of methoxy groups -OCH3 is 1. The number of esters is 1. The molecule has 100 valence electrons. The molecule has 0 aromatic carbocycles. The number of ether oxygens (including phenoxy) is 2. The van der Waals surface area contributed by atoms with Crippen molar-refractivity contribution >= 4 is 16.2 Å². The Morgan fingerprint density at radius 3 is 2.82 bits per heavy atom. The number of carbonyl (C=O) groups is 1. The Morgan fingerprint density at radius 2 is 2.29 bits per heavy atom. The first-order valence-electron chi connectivity index (χ1n) is 5.34. The van der Waals surface area contributed by atoms with Gasteiger partial charge in [-0.25, -0.2) is 0 Å². The Morgan fingerprint density at radius 1 is 1.59 bits per heavy atom. The summed E-state index contributed by atoms with van der Waals surface area (Å²) in [7, 11) is -0.866. The van der Waals surface area contributed by atoms with Crippen molar-refractivity contribution in [2.75, 3.05) is 33.9 Å². The summed E-state index contributed by atoms with van der Waals surface area (Å²) < 4.78 is 36.7. The average Bonchev–Trinajstić information content (AvgIpc) is 2.77. The molecule has 0 amide bonds. The zero-order valence-electron chi connectivity index (χ0n) is 10.0. The highest BCUT2D eigenvalue weighted by molar-refractivity contribution is 7.87. The maximum atomic E-state index is 11.8. The lowest BCUT2D eigenvalue weighted by molar-refractivity contribution is -0.140. The Kier molecular flexibility index (Phi) is 5.31. The number of nitrogens with one attached hydrogen (secondary N) is 1. The molecule has 0 bridgehead atoms. The van der Waals surface area contributed by atoms with E-state index in [0.717, 1.165) is 4.31 Å². The molecule has 7 nitrogen and oxygen atoms in total. The lowest BCUT2D eigenvalue weighted by atomic mass is 10.3. The predicted octanol–water partition coefficient (Wildman–Crippen LogP) is -0.895. The van der Waals surface area contributed by atoms with Gasteiger partial charge in [-0.2, -0.15) is 17.4 Å². The first-order valence-corrected chi connectivity index (χ1v) is 6.78. The fourth-order valence-corrected chi connectivity index (χ4v) is 2.52. The van der Waals surface area contributed by atoms with Crippen LogP contribution >= 0.6 is 0 Å². The van der Waals surface area contributed by atoms with E-state index in [9.17, 15) is 13.2 Å². The van der Waals surface area contributed by atoms with Gasteiger partial charge in [-0.3, -0.25) is 4.79 Å². The third kappa shape index (κ3) is 4.58. The maximum absolute atomic E-state index is 11.8. The molecule has 1 N–H and O–H groups in total. The zero-order chi connectivity index (χ0) is 12.9. The summed E-state index contributed by atoms with van der Waals surface area (Å²) in [6.07, 6.45) is 0.707. The molecule has 17 heavy (non-hydrogen) atoms. The smallest absolute Gasteiger partial charge is 0.306 e. The molecule has 1 aliphatic heterocycles. The summed E-state index contributed by atoms with van der Waals surface area (Å²) in [5, 5.41) is 0. The van der Waals surface area contributed by atoms with E-state index < -0.39 is 16.2 Å². The number of hydrogen-bond acceptors (Lipinski definition) is 5. The molecule has 1 fully saturated rings. The summed E-state index contributed by atoms with van der Waals surface area (Å²) in [6, 6.07) is -0.180. The molecule has 8 heteroatoms. The van der Waals surface area contributed by atoms with Crippen molar-refractivity contribution in [1.29, 1.82) is 0 Å². The van der Waals surface area contributed by atoms with Gasteiger partial charge in [0.15, 0.2) is 0 Å². The second-order valence-corrected chi connectivity index (χ2v) is 5.64. The molecule has 0 aliphatic carbocycles. The number of carbonyl (C=O) groups excluding carboxylic acids is 1. The molecular formula is C9H18N2O5S. The second kappa shape index (κ2) is 6.29. The van der Waals surface area contributed by atoms with E-state index in [-0.39, 0.29) is 19.0 Å². The van der Waals surface area contributed by atoms with Crippen LogP contribution < -0.4 is 4.72 Å². The van der Waals surface area contributed by atoms with Gasteiger partial charge in [-0.15, -0.1) is 0 Å². The average molecular weight is 266 g/mol. The monoisotopic (exact) mass is 266 g/mol. The third-order valence-corrected chi connectivity index (χ3v) is 4.15. The highest BCUT2D eigenvalue weighted by atomic mass is 32.2. The van der Waals surface area contributed by atoms with Crippen molar-refractivity contribution in [2.45, 2.75) is 18.9 Å². The molecule has 1 heterocycles. The van der Waals surface area contributed by atoms with E-state index >= 15 is 0 Å². The number of nitrogens with zero attached hydrogens (tertiary/aromatic N) is 1. The fraction of sp³-hybridized carbons (Fsp3) is 0.889. The standard InChI is InChI=1S/C9H18N2O5S/c1-11(5-3-9(12)15-2)17(13,14)10-8-4-6-16-7-8/h8,10H,3-7H2,1-2H3. The van der Waals surface area contributed by atoms with Crippen LogP contribution in [0, 0.1) is 0 Å². The minimum atomic E-state index is -3.55. The summed E-state index contributed by atoms with van der Waals surface area (Å²) in [6.45, 7) is 1.05. The molecule has 1 aliphatic rings. The quantitative estimate of drug-likeness (QED) is 0.630. The van der Waals surface area contributed by atoms with Crippen LogP contribution in [0.2, 0.25) is 0 Å². The van der Waals surface area contributed by atoms with Crippen LogP contribution in [0.3, 0.4) is 0 Å². The van der Waals surface area contributed by atoms with E-state index in [1.54, 1.807) is 0 Å². The molecule has 0 aromatic rings. The Labute approximate surface area is 101 Å². The molecule has 1 rings (SSSR count). The minimum Gasteiger partial charge on any atom is -0.469 e. The summed E-state index contributed by atoms with van der Waals surface area (Å²) in [4.78, 5) is 10.9. The van der Waals surface area contributed by atoms with Crippen molar-refractivity contribution in [3.8, 4) is 0 Å². The van der Waals surface area contributed by atoms with Gasteiger partial charge in [0.2, 0.25) is 0 Å². The molecule has 0 saturated carbocycles. The summed E-state index contributed by atoms with van der Waals surface area (Å²) in [5.74, 6) is -0.434. The molecule has 0 aromatic heterocycles. The lowest BCUT2D eigenvalue weighted by Crippen LogP contribution is -2.44. The van der Waals surface area contributed by atoms with E-state index in [1.807, 2.05) is 0 Å². The topological polar surface area (TPSA) is 84.9 Å². The first kappa shape index (κ1) is 14.4. The van der Waals surface area contributed by atoms with Crippen LogP contribution in [-0.4, -0.2) is 58.7 Å². The molecule has 0 radical (unpaired) electrons. The fourth-order valence-electron chi connectivity index (χ4n) is 1.40. The predicted molar refractivity (Wildman–Crippen MR) is 60.5 cm³/mol. The summed E-state index contributed by atoms with van der Waals surface area (Å²) >= 11 is 0. The van der Waals surface area contributed by atoms with Gasteiger partial charge in [0.1, 0.15) is 0 Å². The van der Waals surface area contributed by atoms with E-state index in [1.165, 1.54) is 14.2 Å². The number of hydrogen-bond donors (Lipinski definition) is 1. The maximum Gasteiger partial charge on any atom is 0.306 e. The van der Waals surface area contributed by atoms with Crippen molar-refractivity contribution < 1.29 is 22.7 Å². The largest absolute Gasteiger partial charge is 0.469 e. The Balaban J connectivity index is 2.42. The van der Waals surface area contributed by atoms with E-state index in [4.69, 9.17) is 4.74 Å². The van der Waals surface area contributed by atoms with Gasteiger partial charge in [-0.1, -0.05) is 0 Å². The van der Waals surface area contributed by atoms with Crippen LogP contribution in [0.5, 0.6) is 0 Å². The van der Waals surface area contributed by atoms with Crippen molar-refractivity contribution in [2.24, 2.45) is 0 Å². The third-order valence-electron chi connectivity index (χ3n) is 2.51. The molecule has 1 unspecified atom stereocenters. The van der Waals surface area contributed by atoms with Gasteiger partial charge in [-0.05, 0) is 6.42 Å². The van der Waals surface area contributed by atoms with Crippen molar-refractivity contribution in [1.82, 2.24) is 9.03 Å². The Hall–Kier alpha value is -0.700. The first-order chi connectivity index (χ1) is 7.95. The van der Waals surface area contributed by atoms with Crippen LogP contribution in [0.1, 0.15) is 12.8 Å². The van der Waals surface area contributed by atoms with E-state index in [2.05, 4.69) is 9.46 Å². The van der Waals surface area contributed by atoms with Gasteiger partial charge in [0.05, 0.1) is 20.1 Å². The molecule has 1 saturated heterocycles. The van der Waals surface area contributed by atoms with Crippen LogP contribution in [0.4, 0.5) is 0 Å². The van der Waals surface area contributed by atoms with Crippen LogP contribution in [0.15, 0.2) is 0 Å². The summed E-state index contributed by atoms with van der Waals surface area (Å²) in [5.41, 5.74) is 0. The van der Waals surface area contributed by atoms with Gasteiger partial charge < -0.3 is 9.47 Å². The molecule has 0 spiro atoms. The van der Waals surface area contributed by atoms with Gasteiger partial charge in [0.25, 0.3) is 10.2 Å². The highest BCUT2D eigenvalue weighted by Crippen LogP contribution is 2.06. The normalized spacial score (nSPS) is 20.8. The van der Waals surface area contributed by atoms with Crippen molar-refractivity contribution in [3.05, 3.63) is 0 Å². The number of rotatable bonds is 6. The Bertz CT molecular complexity index is 350. The highest BCUT2D eigenvalue weighted by Gasteiger charge is 2.25.